The number of fused-ring (bicyclic) bond motifs is 1. The second-order valence-corrected chi connectivity index (χ2v) is 8.28. The third-order valence-electron chi connectivity index (χ3n) is 5.38. The summed E-state index contributed by atoms with van der Waals surface area (Å²) in [6.45, 7) is 1.93. The molecule has 160 valence electrons. The van der Waals surface area contributed by atoms with Crippen LogP contribution in [0.1, 0.15) is 30.1 Å². The fourth-order valence-electron chi connectivity index (χ4n) is 3.90. The lowest BCUT2D eigenvalue weighted by Crippen LogP contribution is -2.47. The van der Waals surface area contributed by atoms with Crippen LogP contribution in [-0.4, -0.2) is 54.4 Å². The molecule has 0 bridgehead atoms. The number of carboxylic acid groups (broad SMARTS) is 1. The van der Waals surface area contributed by atoms with Crippen LogP contribution in [-0.2, 0) is 16.1 Å². The molecule has 3 aromatic rings. The summed E-state index contributed by atoms with van der Waals surface area (Å²) < 4.78 is 2.27. The van der Waals surface area contributed by atoms with E-state index in [1.807, 2.05) is 6.92 Å². The number of likely N-dealkylation sites (tertiary alicyclic amines) is 1. The van der Waals surface area contributed by atoms with E-state index in [0.717, 1.165) is 6.42 Å². The van der Waals surface area contributed by atoms with Crippen molar-refractivity contribution in [3.63, 3.8) is 0 Å². The van der Waals surface area contributed by atoms with E-state index < -0.39 is 12.0 Å². The fraction of sp³-hybridized carbons (Fsp3) is 0.286. The number of hydrogen-bond acceptors (Lipinski definition) is 5. The van der Waals surface area contributed by atoms with E-state index in [-0.39, 0.29) is 30.0 Å². The third kappa shape index (κ3) is 4.29. The minimum Gasteiger partial charge on any atom is -0.478 e. The molecule has 2 amide bonds. The quantitative estimate of drug-likeness (QED) is 0.536. The first kappa shape index (κ1) is 21.0. The molecule has 1 fully saturated rings. The number of hydrogen-bond donors (Lipinski definition) is 2. The van der Waals surface area contributed by atoms with Crippen molar-refractivity contribution in [2.24, 2.45) is 0 Å². The molecule has 0 saturated carbocycles. The van der Waals surface area contributed by atoms with Crippen LogP contribution in [0.25, 0.3) is 11.0 Å². The Morgan fingerprint density at radius 3 is 2.81 bits per heavy atom. The summed E-state index contributed by atoms with van der Waals surface area (Å²) in [4.78, 5) is 47.2. The number of carbonyl (C=O) groups excluding carboxylic acids is 2. The Hall–Kier alpha value is -3.27. The molecule has 9 nitrogen and oxygen atoms in total. The minimum absolute atomic E-state index is 0.00612. The molecule has 1 aliphatic heterocycles. The van der Waals surface area contributed by atoms with Crippen LogP contribution in [0.2, 0.25) is 0 Å². The van der Waals surface area contributed by atoms with Gasteiger partial charge in [0.2, 0.25) is 11.8 Å². The van der Waals surface area contributed by atoms with Crippen molar-refractivity contribution in [2.75, 3.05) is 5.32 Å². The third-order valence-corrected chi connectivity index (χ3v) is 5.82. The number of carboxylic acids is 1. The molecule has 1 saturated heterocycles. The van der Waals surface area contributed by atoms with Gasteiger partial charge in [0.1, 0.15) is 28.7 Å². The topological polar surface area (TPSA) is 117 Å². The zero-order valence-electron chi connectivity index (χ0n) is 16.7. The van der Waals surface area contributed by atoms with Crippen LogP contribution in [0.3, 0.4) is 0 Å². The van der Waals surface area contributed by atoms with Gasteiger partial charge in [-0.3, -0.25) is 9.59 Å². The molecule has 4 rings (SSSR count). The van der Waals surface area contributed by atoms with Crippen LogP contribution in [0.5, 0.6) is 0 Å². The van der Waals surface area contributed by atoms with Gasteiger partial charge in [0, 0.05) is 23.8 Å². The summed E-state index contributed by atoms with van der Waals surface area (Å²) in [5, 5.41) is 12.5. The molecule has 0 spiro atoms. The van der Waals surface area contributed by atoms with Gasteiger partial charge in [0.25, 0.3) is 0 Å². The van der Waals surface area contributed by atoms with E-state index in [1.165, 1.54) is 12.3 Å². The van der Waals surface area contributed by atoms with E-state index >= 15 is 0 Å². The summed E-state index contributed by atoms with van der Waals surface area (Å²) in [6.07, 6.45) is 4.26. The molecule has 10 heteroatoms. The highest BCUT2D eigenvalue weighted by atomic mass is 79.9. The first-order chi connectivity index (χ1) is 14.8. The number of amides is 2. The maximum atomic E-state index is 13.1. The molecule has 2 N–H and O–H groups in total. The van der Waals surface area contributed by atoms with Crippen molar-refractivity contribution in [3.05, 3.63) is 52.9 Å². The molecule has 0 radical (unpaired) electrons. The minimum atomic E-state index is -1.06. The molecule has 0 aliphatic carbocycles. The van der Waals surface area contributed by atoms with E-state index in [9.17, 15) is 14.4 Å². The summed E-state index contributed by atoms with van der Waals surface area (Å²) in [5.41, 5.74) is 0.604. The highest BCUT2D eigenvalue weighted by molar-refractivity contribution is 9.10. The van der Waals surface area contributed by atoms with Crippen LogP contribution in [0, 0.1) is 0 Å². The van der Waals surface area contributed by atoms with Crippen molar-refractivity contribution in [2.45, 2.75) is 38.4 Å². The Morgan fingerprint density at radius 2 is 2.06 bits per heavy atom. The van der Waals surface area contributed by atoms with E-state index in [0.29, 0.717) is 27.9 Å². The molecular weight excluding hydrogens is 466 g/mol. The van der Waals surface area contributed by atoms with Gasteiger partial charge in [0.15, 0.2) is 0 Å². The largest absolute Gasteiger partial charge is 0.478 e. The SMILES string of the molecule is C[C@@H]1CC[C@@H](C(=O)Nc2cccc(Br)n2)N1C(=O)Cn1ccc2cc(C(=O)O)cnc21. The number of anilines is 1. The predicted octanol–water partition coefficient (Wildman–Crippen LogP) is 2.91. The van der Waals surface area contributed by atoms with Crippen molar-refractivity contribution in [1.82, 2.24) is 19.4 Å². The van der Waals surface area contributed by atoms with Gasteiger partial charge in [-0.1, -0.05) is 6.07 Å². The standard InChI is InChI=1S/C21H20BrN5O4/c1-12-5-6-15(20(29)25-17-4-2-3-16(22)24-17)27(12)18(28)11-26-8-7-13-9-14(21(30)31)10-23-19(13)26/h2-4,7-10,12,15H,5-6,11H2,1H3,(H,30,31)(H,24,25,29)/t12-,15+/m1/s1. The van der Waals surface area contributed by atoms with Crippen molar-refractivity contribution in [3.8, 4) is 0 Å². The highest BCUT2D eigenvalue weighted by Crippen LogP contribution is 2.26. The molecule has 2 atom stereocenters. The number of nitrogens with one attached hydrogen (secondary N) is 1. The first-order valence-corrected chi connectivity index (χ1v) is 10.6. The summed E-state index contributed by atoms with van der Waals surface area (Å²) in [6, 6.07) is 7.80. The Bertz CT molecular complexity index is 1180. The monoisotopic (exact) mass is 485 g/mol. The van der Waals surface area contributed by atoms with Crippen molar-refractivity contribution < 1.29 is 19.5 Å². The summed E-state index contributed by atoms with van der Waals surface area (Å²) >= 11 is 3.28. The molecule has 0 aromatic carbocycles. The van der Waals surface area contributed by atoms with Crippen LogP contribution in [0.15, 0.2) is 47.3 Å². The Balaban J connectivity index is 1.52. The van der Waals surface area contributed by atoms with Crippen molar-refractivity contribution in [1.29, 1.82) is 0 Å². The van der Waals surface area contributed by atoms with E-state index in [4.69, 9.17) is 5.11 Å². The number of rotatable bonds is 5. The number of carbonyl (C=O) groups is 3. The molecule has 31 heavy (non-hydrogen) atoms. The van der Waals surface area contributed by atoms with E-state index in [2.05, 4.69) is 31.2 Å². The number of aromatic nitrogens is 3. The molecule has 3 aromatic heterocycles. The summed E-state index contributed by atoms with van der Waals surface area (Å²) in [7, 11) is 0. The molecule has 4 heterocycles. The second-order valence-electron chi connectivity index (χ2n) is 7.46. The smallest absolute Gasteiger partial charge is 0.337 e. The molecular formula is C21H20BrN5O4. The molecule has 0 unspecified atom stereocenters. The Labute approximate surface area is 186 Å². The number of halogens is 1. The van der Waals surface area contributed by atoms with Gasteiger partial charge in [-0.15, -0.1) is 0 Å². The van der Waals surface area contributed by atoms with Gasteiger partial charge < -0.3 is 19.9 Å². The Morgan fingerprint density at radius 1 is 1.26 bits per heavy atom. The highest BCUT2D eigenvalue weighted by Gasteiger charge is 2.38. The zero-order valence-corrected chi connectivity index (χ0v) is 18.2. The zero-order chi connectivity index (χ0) is 22.1. The maximum Gasteiger partial charge on any atom is 0.337 e. The van der Waals surface area contributed by atoms with Gasteiger partial charge in [-0.05, 0) is 60.0 Å². The predicted molar refractivity (Wildman–Crippen MR) is 117 cm³/mol. The maximum absolute atomic E-state index is 13.1. The lowest BCUT2D eigenvalue weighted by atomic mass is 10.2. The van der Waals surface area contributed by atoms with Gasteiger partial charge in [-0.2, -0.15) is 0 Å². The number of pyridine rings is 2. The Kier molecular flexibility index (Phi) is 5.73. The van der Waals surface area contributed by atoms with E-state index in [1.54, 1.807) is 39.9 Å². The number of nitrogens with zero attached hydrogens (tertiary/aromatic N) is 4. The van der Waals surface area contributed by atoms with Crippen LogP contribution in [0.4, 0.5) is 5.82 Å². The van der Waals surface area contributed by atoms with Gasteiger partial charge in [-0.25, -0.2) is 14.8 Å². The lowest BCUT2D eigenvalue weighted by Gasteiger charge is -2.28. The first-order valence-electron chi connectivity index (χ1n) is 9.76. The van der Waals surface area contributed by atoms with Crippen LogP contribution >= 0.6 is 15.9 Å². The average molecular weight is 486 g/mol. The average Bonchev–Trinajstić information content (AvgIpc) is 3.31. The van der Waals surface area contributed by atoms with Gasteiger partial charge >= 0.3 is 5.97 Å². The van der Waals surface area contributed by atoms with Gasteiger partial charge in [0.05, 0.1) is 5.56 Å². The normalized spacial score (nSPS) is 18.3. The molecule has 1 aliphatic rings. The van der Waals surface area contributed by atoms with Crippen LogP contribution < -0.4 is 5.32 Å². The number of aromatic carboxylic acids is 1. The summed E-state index contributed by atoms with van der Waals surface area (Å²) in [5.74, 6) is -1.11. The lowest BCUT2D eigenvalue weighted by molar-refractivity contribution is -0.138. The van der Waals surface area contributed by atoms with Crippen molar-refractivity contribution >= 4 is 50.6 Å². The fourth-order valence-corrected chi connectivity index (χ4v) is 4.24. The second kappa shape index (κ2) is 8.46.